The van der Waals surface area contributed by atoms with Crippen LogP contribution < -0.4 is 20.1 Å². The lowest BCUT2D eigenvalue weighted by molar-refractivity contribution is 0.200. The molecule has 150 valence electrons. The van der Waals surface area contributed by atoms with Gasteiger partial charge < -0.3 is 20.1 Å². The van der Waals surface area contributed by atoms with Crippen LogP contribution in [0.4, 0.5) is 4.79 Å². The number of carbonyl (C=O) groups is 1. The molecule has 2 aromatic carbocycles. The second-order valence-corrected chi connectivity index (χ2v) is 7.41. The largest absolute Gasteiger partial charge is 0.493 e. The lowest BCUT2D eigenvalue weighted by Crippen LogP contribution is -2.36. The number of rotatable bonds is 7. The fraction of sp³-hybridized carbons (Fsp3) is 0.435. The summed E-state index contributed by atoms with van der Waals surface area (Å²) >= 11 is 0. The number of ether oxygens (including phenoxy) is 2. The Morgan fingerprint density at radius 1 is 1.14 bits per heavy atom. The maximum atomic E-state index is 12.3. The molecule has 0 aromatic heterocycles. The number of hydrogen-bond donors (Lipinski definition) is 2. The monoisotopic (exact) mass is 382 g/mol. The molecule has 1 aliphatic rings. The van der Waals surface area contributed by atoms with Gasteiger partial charge in [-0.05, 0) is 68.4 Å². The van der Waals surface area contributed by atoms with Gasteiger partial charge in [0.2, 0.25) is 0 Å². The lowest BCUT2D eigenvalue weighted by Gasteiger charge is -2.18. The van der Waals surface area contributed by atoms with Crippen LogP contribution in [0.3, 0.4) is 0 Å². The van der Waals surface area contributed by atoms with Crippen LogP contribution >= 0.6 is 0 Å². The maximum absolute atomic E-state index is 12.3. The molecule has 0 heterocycles. The van der Waals surface area contributed by atoms with E-state index in [1.807, 2.05) is 43.3 Å². The Kier molecular flexibility index (Phi) is 6.80. The van der Waals surface area contributed by atoms with Crippen LogP contribution in [0.2, 0.25) is 0 Å². The molecule has 1 atom stereocenters. The van der Waals surface area contributed by atoms with Crippen molar-refractivity contribution in [2.75, 3.05) is 7.11 Å². The van der Waals surface area contributed by atoms with Gasteiger partial charge in [0.05, 0.1) is 19.3 Å². The van der Waals surface area contributed by atoms with Crippen LogP contribution in [-0.4, -0.2) is 19.2 Å². The van der Waals surface area contributed by atoms with Gasteiger partial charge in [0.1, 0.15) is 0 Å². The van der Waals surface area contributed by atoms with E-state index in [4.69, 9.17) is 9.47 Å². The molecule has 1 saturated carbocycles. The smallest absolute Gasteiger partial charge is 0.315 e. The normalized spacial score (nSPS) is 15.1. The summed E-state index contributed by atoms with van der Waals surface area (Å²) in [6, 6.07) is 13.6. The van der Waals surface area contributed by atoms with E-state index in [0.717, 1.165) is 35.5 Å². The highest BCUT2D eigenvalue weighted by molar-refractivity contribution is 5.74. The summed E-state index contributed by atoms with van der Waals surface area (Å²) in [5.74, 6) is 1.48. The van der Waals surface area contributed by atoms with E-state index in [-0.39, 0.29) is 18.2 Å². The molecule has 0 radical (unpaired) electrons. The number of hydrogen-bond acceptors (Lipinski definition) is 3. The molecular formula is C23H30N2O3. The number of urea groups is 1. The van der Waals surface area contributed by atoms with Gasteiger partial charge in [-0.3, -0.25) is 0 Å². The molecular weight excluding hydrogens is 352 g/mol. The van der Waals surface area contributed by atoms with Crippen LogP contribution in [0, 0.1) is 6.92 Å². The van der Waals surface area contributed by atoms with Crippen molar-refractivity contribution in [1.82, 2.24) is 10.6 Å². The van der Waals surface area contributed by atoms with Gasteiger partial charge in [-0.2, -0.15) is 0 Å². The third-order valence-corrected chi connectivity index (χ3v) is 5.28. The van der Waals surface area contributed by atoms with E-state index in [9.17, 15) is 4.79 Å². The van der Waals surface area contributed by atoms with Crippen molar-refractivity contribution in [3.8, 4) is 11.5 Å². The maximum Gasteiger partial charge on any atom is 0.315 e. The van der Waals surface area contributed by atoms with Crippen molar-refractivity contribution >= 4 is 6.03 Å². The average Bonchev–Trinajstić information content (AvgIpc) is 3.20. The SMILES string of the molecule is COc1ccc(CNC(=O)NC(C)c2ccccc2C)cc1OC1CCCC1. The minimum Gasteiger partial charge on any atom is -0.493 e. The predicted molar refractivity (Wildman–Crippen MR) is 111 cm³/mol. The molecule has 28 heavy (non-hydrogen) atoms. The summed E-state index contributed by atoms with van der Waals surface area (Å²) in [4.78, 5) is 12.3. The molecule has 1 fully saturated rings. The summed E-state index contributed by atoms with van der Waals surface area (Å²) in [6.07, 6.45) is 4.87. The molecule has 5 heteroatoms. The molecule has 2 amide bonds. The second kappa shape index (κ2) is 9.49. The number of nitrogens with one attached hydrogen (secondary N) is 2. The quantitative estimate of drug-likeness (QED) is 0.717. The van der Waals surface area contributed by atoms with Crippen LogP contribution in [-0.2, 0) is 6.54 Å². The van der Waals surface area contributed by atoms with Gasteiger partial charge >= 0.3 is 6.03 Å². The first kappa shape index (κ1) is 20.1. The Bertz CT molecular complexity index is 800. The molecule has 1 aliphatic carbocycles. The first-order chi connectivity index (χ1) is 13.6. The zero-order chi connectivity index (χ0) is 19.9. The minimum atomic E-state index is -0.190. The molecule has 2 N–H and O–H groups in total. The molecule has 2 aromatic rings. The highest BCUT2D eigenvalue weighted by atomic mass is 16.5. The summed E-state index contributed by atoms with van der Waals surface area (Å²) in [5, 5.41) is 5.93. The Hall–Kier alpha value is -2.69. The Morgan fingerprint density at radius 3 is 2.61 bits per heavy atom. The Morgan fingerprint density at radius 2 is 1.89 bits per heavy atom. The summed E-state index contributed by atoms with van der Waals surface area (Å²) in [7, 11) is 1.65. The van der Waals surface area contributed by atoms with Crippen LogP contribution in [0.25, 0.3) is 0 Å². The molecule has 0 spiro atoms. The van der Waals surface area contributed by atoms with E-state index in [0.29, 0.717) is 6.54 Å². The molecule has 0 bridgehead atoms. The predicted octanol–water partition coefficient (Wildman–Crippen LogP) is 4.89. The fourth-order valence-corrected chi connectivity index (χ4v) is 3.69. The molecule has 0 saturated heterocycles. The van der Waals surface area contributed by atoms with Crippen molar-refractivity contribution in [2.24, 2.45) is 0 Å². The number of aryl methyl sites for hydroxylation is 1. The Balaban J connectivity index is 1.57. The topological polar surface area (TPSA) is 59.6 Å². The standard InChI is InChI=1S/C23H30N2O3/c1-16-8-4-7-11-20(16)17(2)25-23(26)24-15-18-12-13-21(27-3)22(14-18)28-19-9-5-6-10-19/h4,7-8,11-14,17,19H,5-6,9-10,15H2,1-3H3,(H2,24,25,26). The van der Waals surface area contributed by atoms with Gasteiger partial charge in [0.25, 0.3) is 0 Å². The summed E-state index contributed by atoms with van der Waals surface area (Å²) in [6.45, 7) is 4.47. The summed E-state index contributed by atoms with van der Waals surface area (Å²) < 4.78 is 11.6. The van der Waals surface area contributed by atoms with E-state index in [1.54, 1.807) is 7.11 Å². The van der Waals surface area contributed by atoms with E-state index in [2.05, 4.69) is 23.6 Å². The number of carbonyl (C=O) groups excluding carboxylic acids is 1. The van der Waals surface area contributed by atoms with Crippen LogP contribution in [0.15, 0.2) is 42.5 Å². The summed E-state index contributed by atoms with van der Waals surface area (Å²) in [5.41, 5.74) is 3.26. The van der Waals surface area contributed by atoms with Crippen molar-refractivity contribution in [3.05, 3.63) is 59.2 Å². The number of methoxy groups -OCH3 is 1. The van der Waals surface area contributed by atoms with Crippen LogP contribution in [0.5, 0.6) is 11.5 Å². The second-order valence-electron chi connectivity index (χ2n) is 7.41. The van der Waals surface area contributed by atoms with Gasteiger partial charge in [-0.15, -0.1) is 0 Å². The lowest BCUT2D eigenvalue weighted by atomic mass is 10.0. The Labute approximate surface area is 167 Å². The highest BCUT2D eigenvalue weighted by Gasteiger charge is 2.19. The number of benzene rings is 2. The fourth-order valence-electron chi connectivity index (χ4n) is 3.69. The van der Waals surface area contributed by atoms with Crippen molar-refractivity contribution in [2.45, 2.75) is 58.2 Å². The van der Waals surface area contributed by atoms with E-state index >= 15 is 0 Å². The molecule has 5 nitrogen and oxygen atoms in total. The number of amides is 2. The third-order valence-electron chi connectivity index (χ3n) is 5.28. The first-order valence-electron chi connectivity index (χ1n) is 10.0. The zero-order valence-electron chi connectivity index (χ0n) is 17.0. The third kappa shape index (κ3) is 5.18. The van der Waals surface area contributed by atoms with Gasteiger partial charge in [-0.1, -0.05) is 30.3 Å². The first-order valence-corrected chi connectivity index (χ1v) is 10.0. The minimum absolute atomic E-state index is 0.0571. The van der Waals surface area contributed by atoms with Crippen LogP contribution in [0.1, 0.15) is 55.3 Å². The zero-order valence-corrected chi connectivity index (χ0v) is 17.0. The van der Waals surface area contributed by atoms with E-state index in [1.165, 1.54) is 18.4 Å². The van der Waals surface area contributed by atoms with Gasteiger partial charge in [0, 0.05) is 6.54 Å². The van der Waals surface area contributed by atoms with Gasteiger partial charge in [-0.25, -0.2) is 4.79 Å². The molecule has 3 rings (SSSR count). The highest BCUT2D eigenvalue weighted by Crippen LogP contribution is 2.32. The average molecular weight is 383 g/mol. The molecule has 0 aliphatic heterocycles. The van der Waals surface area contributed by atoms with Gasteiger partial charge in [0.15, 0.2) is 11.5 Å². The van der Waals surface area contributed by atoms with Crippen molar-refractivity contribution in [3.63, 3.8) is 0 Å². The van der Waals surface area contributed by atoms with E-state index < -0.39 is 0 Å². The van der Waals surface area contributed by atoms with Crippen molar-refractivity contribution in [1.29, 1.82) is 0 Å². The van der Waals surface area contributed by atoms with Crippen molar-refractivity contribution < 1.29 is 14.3 Å². The molecule has 1 unspecified atom stereocenters.